The summed E-state index contributed by atoms with van der Waals surface area (Å²) in [4.78, 5) is 2.18. The van der Waals surface area contributed by atoms with Gasteiger partial charge in [-0.2, -0.15) is 8.99 Å². The van der Waals surface area contributed by atoms with E-state index in [4.69, 9.17) is 9.47 Å². The van der Waals surface area contributed by atoms with Crippen molar-refractivity contribution in [3.8, 4) is 17.2 Å². The van der Waals surface area contributed by atoms with Crippen LogP contribution < -0.4 is 9.47 Å². The lowest BCUT2D eigenvalue weighted by Gasteiger charge is -2.33. The van der Waals surface area contributed by atoms with E-state index in [-0.39, 0.29) is 16.5 Å². The molecule has 3 aromatic rings. The third kappa shape index (κ3) is 4.42. The topological polar surface area (TPSA) is 103 Å². The molecule has 0 bridgehead atoms. The van der Waals surface area contributed by atoms with Gasteiger partial charge in [-0.3, -0.25) is 4.90 Å². The summed E-state index contributed by atoms with van der Waals surface area (Å²) in [5.74, 6) is 1.01. The van der Waals surface area contributed by atoms with Gasteiger partial charge >= 0.3 is 0 Å². The van der Waals surface area contributed by atoms with E-state index >= 15 is 0 Å². The maximum absolute atomic E-state index is 13.2. The van der Waals surface area contributed by atoms with Gasteiger partial charge in [0.05, 0.1) is 26.5 Å². The normalized spacial score (nSPS) is 15.6. The Morgan fingerprint density at radius 2 is 1.72 bits per heavy atom. The average Bonchev–Trinajstić information content (AvgIpc) is 3.27. The van der Waals surface area contributed by atoms with E-state index in [1.807, 2.05) is 0 Å². The van der Waals surface area contributed by atoms with Crippen molar-refractivity contribution >= 4 is 10.0 Å². The van der Waals surface area contributed by atoms with E-state index in [1.54, 1.807) is 28.9 Å². The minimum atomic E-state index is -3.73. The lowest BCUT2D eigenvalue weighted by atomic mass is 10.3. The number of nitrogens with zero attached hydrogens (tertiary/aromatic N) is 6. The number of ether oxygens (including phenoxy) is 2. The Balaban J connectivity index is 1.44. The van der Waals surface area contributed by atoms with Gasteiger partial charge in [0.15, 0.2) is 5.82 Å². The molecule has 1 saturated heterocycles. The Morgan fingerprint density at radius 1 is 1.00 bits per heavy atom. The maximum Gasteiger partial charge on any atom is 0.246 e. The van der Waals surface area contributed by atoms with Gasteiger partial charge in [0.2, 0.25) is 10.0 Å². The summed E-state index contributed by atoms with van der Waals surface area (Å²) < 4.78 is 53.0. The Bertz CT molecular complexity index is 1180. The molecule has 2 aromatic carbocycles. The Labute approximate surface area is 185 Å². The summed E-state index contributed by atoms with van der Waals surface area (Å²) in [5, 5.41) is 11.8. The van der Waals surface area contributed by atoms with Crippen LogP contribution in [-0.2, 0) is 16.6 Å². The smallest absolute Gasteiger partial charge is 0.246 e. The fourth-order valence-corrected chi connectivity index (χ4v) is 5.10. The quantitative estimate of drug-likeness (QED) is 0.518. The lowest BCUT2D eigenvalue weighted by Crippen LogP contribution is -2.48. The van der Waals surface area contributed by atoms with Crippen molar-refractivity contribution in [2.45, 2.75) is 11.4 Å². The minimum absolute atomic E-state index is 0.106. The fraction of sp³-hybridized carbons (Fsp3) is 0.350. The first-order chi connectivity index (χ1) is 15.4. The first-order valence-electron chi connectivity index (χ1n) is 9.90. The molecule has 1 aromatic heterocycles. The summed E-state index contributed by atoms with van der Waals surface area (Å²) in [7, 11) is -0.789. The predicted octanol–water partition coefficient (Wildman–Crippen LogP) is 1.33. The molecular weight excluding hydrogens is 439 g/mol. The zero-order valence-electron chi connectivity index (χ0n) is 17.7. The van der Waals surface area contributed by atoms with E-state index in [0.29, 0.717) is 50.0 Å². The van der Waals surface area contributed by atoms with Gasteiger partial charge in [0.25, 0.3) is 0 Å². The molecule has 12 heteroatoms. The van der Waals surface area contributed by atoms with Crippen LogP contribution in [0, 0.1) is 5.82 Å². The highest BCUT2D eigenvalue weighted by atomic mass is 32.2. The highest BCUT2D eigenvalue weighted by molar-refractivity contribution is 7.89. The van der Waals surface area contributed by atoms with Gasteiger partial charge in [-0.25, -0.2) is 12.8 Å². The summed E-state index contributed by atoms with van der Waals surface area (Å²) in [5.41, 5.74) is 0.652. The number of aromatic nitrogens is 4. The minimum Gasteiger partial charge on any atom is -0.497 e. The van der Waals surface area contributed by atoms with Crippen molar-refractivity contribution in [2.24, 2.45) is 0 Å². The van der Waals surface area contributed by atoms with Crippen LogP contribution in [0.25, 0.3) is 5.69 Å². The van der Waals surface area contributed by atoms with E-state index in [2.05, 4.69) is 20.4 Å². The summed E-state index contributed by atoms with van der Waals surface area (Å²) in [6, 6.07) is 10.5. The number of hydrogen-bond donors (Lipinski definition) is 0. The van der Waals surface area contributed by atoms with Crippen LogP contribution >= 0.6 is 0 Å². The molecule has 0 aliphatic carbocycles. The van der Waals surface area contributed by atoms with Gasteiger partial charge < -0.3 is 9.47 Å². The van der Waals surface area contributed by atoms with Gasteiger partial charge in [0.1, 0.15) is 22.2 Å². The molecule has 10 nitrogen and oxygen atoms in total. The van der Waals surface area contributed by atoms with Crippen LogP contribution in [0.1, 0.15) is 5.82 Å². The van der Waals surface area contributed by atoms with Crippen LogP contribution in [0.2, 0.25) is 0 Å². The number of halogens is 1. The zero-order chi connectivity index (χ0) is 22.7. The Hall–Kier alpha value is -3.09. The monoisotopic (exact) mass is 462 g/mol. The second-order valence-corrected chi connectivity index (χ2v) is 9.09. The lowest BCUT2D eigenvalue weighted by molar-refractivity contribution is 0.177. The molecular formula is C20H23FN6O4S. The number of methoxy groups -OCH3 is 2. The van der Waals surface area contributed by atoms with Crippen molar-refractivity contribution in [2.75, 3.05) is 40.4 Å². The van der Waals surface area contributed by atoms with Crippen LogP contribution in [0.4, 0.5) is 4.39 Å². The molecule has 0 unspecified atom stereocenters. The molecule has 0 atom stereocenters. The molecule has 2 heterocycles. The Kier molecular flexibility index (Phi) is 6.35. The zero-order valence-corrected chi connectivity index (χ0v) is 18.5. The summed E-state index contributed by atoms with van der Waals surface area (Å²) in [6.45, 7) is 2.08. The highest BCUT2D eigenvalue weighted by Crippen LogP contribution is 2.31. The largest absolute Gasteiger partial charge is 0.497 e. The number of benzene rings is 2. The maximum atomic E-state index is 13.2. The van der Waals surface area contributed by atoms with Crippen molar-refractivity contribution in [1.82, 2.24) is 29.4 Å². The van der Waals surface area contributed by atoms with E-state index in [9.17, 15) is 12.8 Å². The van der Waals surface area contributed by atoms with Crippen LogP contribution in [0.5, 0.6) is 11.5 Å². The van der Waals surface area contributed by atoms with Gasteiger partial charge in [-0.05, 0) is 46.8 Å². The summed E-state index contributed by atoms with van der Waals surface area (Å²) in [6.07, 6.45) is 0. The standard InChI is InChI=1S/C20H23FN6O4S/c1-30-17-7-8-19(18(13-17)31-2)32(28,29)26-11-9-25(10-12-26)14-20-22-23-24-27(20)16-5-3-15(21)4-6-16/h3-8,13H,9-12,14H2,1-2H3. The van der Waals surface area contributed by atoms with E-state index in [1.165, 1.54) is 36.7 Å². The van der Waals surface area contributed by atoms with Crippen molar-refractivity contribution < 1.29 is 22.3 Å². The van der Waals surface area contributed by atoms with Crippen molar-refractivity contribution in [1.29, 1.82) is 0 Å². The first kappa shape index (κ1) is 22.1. The van der Waals surface area contributed by atoms with Crippen LogP contribution in [-0.4, -0.2) is 78.2 Å². The third-order valence-electron chi connectivity index (χ3n) is 5.29. The van der Waals surface area contributed by atoms with Crippen LogP contribution in [0.15, 0.2) is 47.4 Å². The number of sulfonamides is 1. The molecule has 0 N–H and O–H groups in total. The van der Waals surface area contributed by atoms with Crippen molar-refractivity contribution in [3.05, 3.63) is 54.1 Å². The Morgan fingerprint density at radius 3 is 2.38 bits per heavy atom. The molecule has 32 heavy (non-hydrogen) atoms. The number of piperazine rings is 1. The molecule has 0 saturated carbocycles. The van der Waals surface area contributed by atoms with Crippen molar-refractivity contribution in [3.63, 3.8) is 0 Å². The predicted molar refractivity (Wildman–Crippen MR) is 113 cm³/mol. The van der Waals surface area contributed by atoms with Crippen LogP contribution in [0.3, 0.4) is 0 Å². The van der Waals surface area contributed by atoms with Gasteiger partial charge in [-0.1, -0.05) is 0 Å². The second-order valence-electron chi connectivity index (χ2n) is 7.18. The number of tetrazole rings is 1. The average molecular weight is 463 g/mol. The summed E-state index contributed by atoms with van der Waals surface area (Å²) >= 11 is 0. The molecule has 4 rings (SSSR count). The molecule has 0 amide bonds. The second kappa shape index (κ2) is 9.18. The van der Waals surface area contributed by atoms with Gasteiger partial charge in [-0.15, -0.1) is 5.10 Å². The number of rotatable bonds is 7. The molecule has 0 radical (unpaired) electrons. The molecule has 0 spiro atoms. The molecule has 1 aliphatic heterocycles. The fourth-order valence-electron chi connectivity index (χ4n) is 3.54. The van der Waals surface area contributed by atoms with E-state index in [0.717, 1.165) is 0 Å². The van der Waals surface area contributed by atoms with E-state index < -0.39 is 10.0 Å². The highest BCUT2D eigenvalue weighted by Gasteiger charge is 2.31. The SMILES string of the molecule is COc1ccc(S(=O)(=O)N2CCN(Cc3nnnn3-c3ccc(F)cc3)CC2)c(OC)c1. The molecule has 1 fully saturated rings. The number of hydrogen-bond acceptors (Lipinski definition) is 8. The molecule has 170 valence electrons. The molecule has 1 aliphatic rings. The third-order valence-corrected chi connectivity index (χ3v) is 7.23. The van der Waals surface area contributed by atoms with Gasteiger partial charge in [0, 0.05) is 32.2 Å². The first-order valence-corrected chi connectivity index (χ1v) is 11.3.